The van der Waals surface area contributed by atoms with Crippen molar-refractivity contribution >= 4 is 52.3 Å². The molecule has 4 heterocycles. The predicted octanol–water partition coefficient (Wildman–Crippen LogP) is 6.02. The number of benzene rings is 2. The Labute approximate surface area is 330 Å². The highest BCUT2D eigenvalue weighted by molar-refractivity contribution is 5.76. The maximum atomic E-state index is 12.6. The number of halogens is 2. The van der Waals surface area contributed by atoms with Crippen LogP contribution in [0.2, 0.25) is 0 Å². The zero-order valence-corrected chi connectivity index (χ0v) is 31.2. The highest BCUT2D eigenvalue weighted by Gasteiger charge is 2.33. The van der Waals surface area contributed by atoms with E-state index in [0.29, 0.717) is 75.3 Å². The summed E-state index contributed by atoms with van der Waals surface area (Å²) in [5.41, 5.74) is 1.08. The lowest BCUT2D eigenvalue weighted by Crippen LogP contribution is -2.37. The summed E-state index contributed by atoms with van der Waals surface area (Å²) >= 11 is 0. The van der Waals surface area contributed by atoms with Gasteiger partial charge in [-0.2, -0.15) is 5.26 Å². The second-order valence-corrected chi connectivity index (χ2v) is 13.1. The lowest BCUT2D eigenvalue weighted by Gasteiger charge is -2.31. The summed E-state index contributed by atoms with van der Waals surface area (Å²) in [5, 5.41) is 47.2. The summed E-state index contributed by atoms with van der Waals surface area (Å²) in [5.74, 6) is -1.36. The normalized spacial score (nSPS) is 14.5. The van der Waals surface area contributed by atoms with Gasteiger partial charge in [0, 0.05) is 44.0 Å². The molecule has 0 amide bonds. The number of nitro groups is 2. The average molecular weight is 804 g/mol. The standard InChI is InChI=1S/C19H20N6O4.C18H19F2N5O4/c1-2-29-19(26)14-7-9-24(10-8-14)18-16(25(27)28)17(21-12-22-18)23-15-5-3-13(11-20)4-6-15;19-15(20)12-3-1-11(2-4-12)9-21-16-14(25(28)29)17(23-10-22-16)24-7-5-13(6-8-24)18(26)27/h3-6,12,14H,2,7-10H2,1H3,(H,21,22,23);1-4,10,13,15H,5-9H2,(H,26,27)(H,21,22,23). The summed E-state index contributed by atoms with van der Waals surface area (Å²) in [7, 11) is 0. The van der Waals surface area contributed by atoms with Crippen molar-refractivity contribution < 1.29 is 38.1 Å². The van der Waals surface area contributed by atoms with E-state index in [-0.39, 0.29) is 58.6 Å². The number of nitrogens with zero attached hydrogens (tertiary/aromatic N) is 9. The topological polar surface area (TPSA) is 256 Å². The lowest BCUT2D eigenvalue weighted by atomic mass is 9.97. The molecule has 3 N–H and O–H groups in total. The van der Waals surface area contributed by atoms with Crippen molar-refractivity contribution in [2.45, 2.75) is 45.6 Å². The van der Waals surface area contributed by atoms with Crippen molar-refractivity contribution in [3.63, 3.8) is 0 Å². The van der Waals surface area contributed by atoms with Crippen LogP contribution in [-0.4, -0.2) is 79.6 Å². The molecule has 0 bridgehead atoms. The number of piperidine rings is 2. The van der Waals surface area contributed by atoms with Gasteiger partial charge in [-0.1, -0.05) is 24.3 Å². The van der Waals surface area contributed by atoms with Gasteiger partial charge in [-0.3, -0.25) is 29.8 Å². The van der Waals surface area contributed by atoms with Crippen LogP contribution < -0.4 is 20.4 Å². The van der Waals surface area contributed by atoms with Crippen molar-refractivity contribution in [2.24, 2.45) is 11.8 Å². The number of carboxylic acids is 1. The molecule has 0 aliphatic carbocycles. The zero-order chi connectivity index (χ0) is 41.8. The highest BCUT2D eigenvalue weighted by Crippen LogP contribution is 2.36. The number of hydrogen-bond acceptors (Lipinski definition) is 16. The van der Waals surface area contributed by atoms with E-state index in [1.54, 1.807) is 41.0 Å². The van der Waals surface area contributed by atoms with Crippen LogP contribution >= 0.6 is 0 Å². The molecule has 2 aliphatic heterocycles. The molecule has 6 rings (SSSR count). The lowest BCUT2D eigenvalue weighted by molar-refractivity contribution is -0.383. The quantitative estimate of drug-likeness (QED) is 0.0793. The molecule has 58 heavy (non-hydrogen) atoms. The Morgan fingerprint density at radius 2 is 1.38 bits per heavy atom. The Balaban J connectivity index is 0.000000221. The van der Waals surface area contributed by atoms with E-state index in [0.717, 1.165) is 0 Å². The van der Waals surface area contributed by atoms with E-state index in [1.165, 1.54) is 36.9 Å². The summed E-state index contributed by atoms with van der Waals surface area (Å²) < 4.78 is 30.3. The van der Waals surface area contributed by atoms with Gasteiger partial charge >= 0.3 is 23.3 Å². The number of aromatic nitrogens is 4. The van der Waals surface area contributed by atoms with Gasteiger partial charge in [0.1, 0.15) is 12.7 Å². The fourth-order valence-corrected chi connectivity index (χ4v) is 6.42. The number of ether oxygens (including phenoxy) is 1. The number of aliphatic carboxylic acids is 1. The largest absolute Gasteiger partial charge is 0.481 e. The molecule has 0 unspecified atom stereocenters. The van der Waals surface area contributed by atoms with Gasteiger partial charge in [-0.25, -0.2) is 28.7 Å². The van der Waals surface area contributed by atoms with E-state index < -0.39 is 28.2 Å². The third-order valence-corrected chi connectivity index (χ3v) is 9.50. The van der Waals surface area contributed by atoms with Crippen LogP contribution in [0.4, 0.5) is 49.1 Å². The molecule has 2 aromatic carbocycles. The number of carbonyl (C=O) groups is 2. The SMILES string of the molecule is CCOC(=O)C1CCN(c2ncnc(Nc3ccc(C#N)cc3)c2[N+](=O)[O-])CC1.O=C(O)C1CCN(c2ncnc(NCc3ccc(C(F)F)cc3)c2[N+](=O)[O-])CC1. The van der Waals surface area contributed by atoms with Gasteiger partial charge in [0.15, 0.2) is 0 Å². The van der Waals surface area contributed by atoms with Crippen LogP contribution in [0.5, 0.6) is 0 Å². The molecule has 4 aromatic rings. The molecule has 2 saturated heterocycles. The van der Waals surface area contributed by atoms with Crippen LogP contribution in [0.25, 0.3) is 0 Å². The first-order valence-electron chi connectivity index (χ1n) is 18.2. The van der Waals surface area contributed by atoms with Gasteiger partial charge in [0.25, 0.3) is 6.43 Å². The molecule has 2 aromatic heterocycles. The fourth-order valence-electron chi connectivity index (χ4n) is 6.42. The second-order valence-electron chi connectivity index (χ2n) is 13.1. The van der Waals surface area contributed by atoms with Crippen LogP contribution in [0.1, 0.15) is 55.7 Å². The van der Waals surface area contributed by atoms with E-state index in [2.05, 4.69) is 30.6 Å². The number of anilines is 5. The van der Waals surface area contributed by atoms with Crippen molar-refractivity contribution in [1.82, 2.24) is 19.9 Å². The average Bonchev–Trinajstić information content (AvgIpc) is 3.23. The van der Waals surface area contributed by atoms with Crippen LogP contribution in [0.15, 0.2) is 61.2 Å². The van der Waals surface area contributed by atoms with Crippen molar-refractivity contribution in [3.05, 3.63) is 98.1 Å². The van der Waals surface area contributed by atoms with E-state index in [4.69, 9.17) is 15.1 Å². The molecule has 2 fully saturated rings. The van der Waals surface area contributed by atoms with E-state index in [1.807, 2.05) is 6.07 Å². The number of nitrogens with one attached hydrogen (secondary N) is 2. The third-order valence-electron chi connectivity index (χ3n) is 9.50. The number of carboxylic acid groups (broad SMARTS) is 1. The summed E-state index contributed by atoms with van der Waals surface area (Å²) in [6, 6.07) is 14.2. The first kappa shape index (κ1) is 42.0. The molecule has 2 aliphatic rings. The monoisotopic (exact) mass is 803 g/mol. The maximum absolute atomic E-state index is 12.6. The van der Waals surface area contributed by atoms with Crippen LogP contribution in [0.3, 0.4) is 0 Å². The highest BCUT2D eigenvalue weighted by atomic mass is 19.3. The Bertz CT molecular complexity index is 2120. The van der Waals surface area contributed by atoms with Gasteiger partial charge in [0.05, 0.1) is 39.9 Å². The fraction of sp³-hybridized carbons (Fsp3) is 0.378. The van der Waals surface area contributed by atoms with Gasteiger partial charge in [-0.15, -0.1) is 0 Å². The second kappa shape index (κ2) is 19.7. The first-order chi connectivity index (χ1) is 27.9. The van der Waals surface area contributed by atoms with Gasteiger partial charge < -0.3 is 30.3 Å². The number of carbonyl (C=O) groups excluding carboxylic acids is 1. The molecule has 0 radical (unpaired) electrons. The number of nitriles is 1. The molecular weight excluding hydrogens is 764 g/mol. The zero-order valence-electron chi connectivity index (χ0n) is 31.2. The Morgan fingerprint density at radius 1 is 0.862 bits per heavy atom. The number of esters is 1. The minimum Gasteiger partial charge on any atom is -0.481 e. The smallest absolute Gasteiger partial charge is 0.353 e. The third kappa shape index (κ3) is 10.6. The van der Waals surface area contributed by atoms with Gasteiger partial charge in [0.2, 0.25) is 23.3 Å². The number of rotatable bonds is 13. The molecule has 21 heteroatoms. The minimum absolute atomic E-state index is 0.0123. The molecular formula is C37H39F2N11O8. The summed E-state index contributed by atoms with van der Waals surface area (Å²) in [6.45, 7) is 3.84. The van der Waals surface area contributed by atoms with Crippen molar-refractivity contribution in [2.75, 3.05) is 53.2 Å². The summed E-state index contributed by atoms with van der Waals surface area (Å²) in [4.78, 5) is 65.0. The molecule has 0 saturated carbocycles. The maximum Gasteiger partial charge on any atom is 0.353 e. The van der Waals surface area contributed by atoms with E-state index >= 15 is 0 Å². The minimum atomic E-state index is -2.56. The molecule has 19 nitrogen and oxygen atoms in total. The number of hydrogen-bond donors (Lipinski definition) is 3. The summed E-state index contributed by atoms with van der Waals surface area (Å²) in [6.07, 6.45) is 1.73. The molecule has 0 spiro atoms. The predicted molar refractivity (Wildman–Crippen MR) is 205 cm³/mol. The Morgan fingerprint density at radius 3 is 1.86 bits per heavy atom. The van der Waals surface area contributed by atoms with Crippen LogP contribution in [0, 0.1) is 43.4 Å². The number of alkyl halides is 2. The Kier molecular flexibility index (Phi) is 14.2. The first-order valence-corrected chi connectivity index (χ1v) is 18.2. The molecule has 304 valence electrons. The van der Waals surface area contributed by atoms with Crippen LogP contribution in [-0.2, 0) is 20.9 Å². The van der Waals surface area contributed by atoms with Crippen molar-refractivity contribution in [3.8, 4) is 6.07 Å². The Hall–Kier alpha value is -7.11. The molecule has 0 atom stereocenters. The van der Waals surface area contributed by atoms with Crippen molar-refractivity contribution in [1.29, 1.82) is 5.26 Å². The van der Waals surface area contributed by atoms with Gasteiger partial charge in [-0.05, 0) is 62.4 Å². The van der Waals surface area contributed by atoms with E-state index in [9.17, 15) is 38.6 Å².